The Bertz CT molecular complexity index is 1390. The highest BCUT2D eigenvalue weighted by molar-refractivity contribution is 5.84. The van der Waals surface area contributed by atoms with Crippen molar-refractivity contribution in [3.63, 3.8) is 0 Å². The summed E-state index contributed by atoms with van der Waals surface area (Å²) in [5.74, 6) is 1.25. The van der Waals surface area contributed by atoms with Gasteiger partial charge in [0.15, 0.2) is 11.1 Å². The van der Waals surface area contributed by atoms with Crippen LogP contribution in [0.15, 0.2) is 83.9 Å². The summed E-state index contributed by atoms with van der Waals surface area (Å²) in [6.07, 6.45) is 0. The average Bonchev–Trinajstić information content (AvgIpc) is 2.87. The van der Waals surface area contributed by atoms with Gasteiger partial charge in [-0.1, -0.05) is 24.3 Å². The van der Waals surface area contributed by atoms with E-state index < -0.39 is 0 Å². The zero-order valence-electron chi connectivity index (χ0n) is 17.6. The summed E-state index contributed by atoms with van der Waals surface area (Å²) in [4.78, 5) is 0. The molecular formula is C26H16N6O2. The minimum Gasteiger partial charge on any atom is -0.508 e. The summed E-state index contributed by atoms with van der Waals surface area (Å²) in [5.41, 5.74) is 7.48. The van der Waals surface area contributed by atoms with Gasteiger partial charge in [-0.15, -0.1) is 0 Å². The molecular weight excluding hydrogens is 428 g/mol. The number of ether oxygens (including phenoxy) is 1. The molecule has 0 radical (unpaired) electrons. The number of nitriles is 4. The van der Waals surface area contributed by atoms with Crippen LogP contribution in [0.2, 0.25) is 0 Å². The number of nitrogens with one attached hydrogen (secondary N) is 1. The van der Waals surface area contributed by atoms with Gasteiger partial charge in [0, 0.05) is 11.3 Å². The Balaban J connectivity index is 1.87. The first-order valence-corrected chi connectivity index (χ1v) is 9.78. The van der Waals surface area contributed by atoms with Gasteiger partial charge in [0.05, 0.1) is 11.4 Å². The zero-order valence-corrected chi connectivity index (χ0v) is 17.6. The Morgan fingerprint density at radius 3 is 1.65 bits per heavy atom. The summed E-state index contributed by atoms with van der Waals surface area (Å²) in [7, 11) is 0. The lowest BCUT2D eigenvalue weighted by atomic mass is 10.0. The van der Waals surface area contributed by atoms with E-state index in [0.717, 1.165) is 0 Å². The van der Waals surface area contributed by atoms with Crippen molar-refractivity contribution in [1.82, 2.24) is 0 Å². The highest BCUT2D eigenvalue weighted by Gasteiger charge is 2.12. The fourth-order valence-corrected chi connectivity index (χ4v) is 2.92. The lowest BCUT2D eigenvalue weighted by molar-refractivity contribution is 0.464. The van der Waals surface area contributed by atoms with Gasteiger partial charge < -0.3 is 20.9 Å². The van der Waals surface area contributed by atoms with E-state index >= 15 is 0 Å². The quantitative estimate of drug-likeness (QED) is 0.458. The van der Waals surface area contributed by atoms with Gasteiger partial charge in [0.1, 0.15) is 41.5 Å². The molecule has 0 spiro atoms. The van der Waals surface area contributed by atoms with Crippen molar-refractivity contribution < 1.29 is 9.84 Å². The molecule has 0 amide bonds. The molecule has 0 aliphatic rings. The maximum absolute atomic E-state index is 9.44. The number of rotatable bonds is 6. The largest absolute Gasteiger partial charge is 0.508 e. The number of nitrogens with zero attached hydrogens (tertiary/aromatic N) is 4. The molecule has 0 aliphatic heterocycles. The topological polar surface area (TPSA) is 163 Å². The molecule has 0 atom stereocenters. The van der Waals surface area contributed by atoms with E-state index in [1.165, 1.54) is 12.1 Å². The second-order valence-electron chi connectivity index (χ2n) is 6.81. The van der Waals surface area contributed by atoms with E-state index in [9.17, 15) is 15.6 Å². The number of benzene rings is 3. The van der Waals surface area contributed by atoms with Crippen LogP contribution in [0, 0.1) is 45.3 Å². The van der Waals surface area contributed by atoms with Gasteiger partial charge in [-0.25, -0.2) is 0 Å². The summed E-state index contributed by atoms with van der Waals surface area (Å²) in [6.45, 7) is 0. The minimum absolute atomic E-state index is 0.0417. The number of hydrogen-bond donors (Lipinski definition) is 3. The maximum Gasteiger partial charge on any atom is 0.153 e. The number of allylic oxidation sites excluding steroid dienone is 2. The lowest BCUT2D eigenvalue weighted by Crippen LogP contribution is -2.04. The van der Waals surface area contributed by atoms with Crippen LogP contribution in [0.5, 0.6) is 17.2 Å². The zero-order chi connectivity index (χ0) is 24.5. The van der Waals surface area contributed by atoms with E-state index in [-0.39, 0.29) is 28.3 Å². The molecule has 0 bridgehead atoms. The normalized spacial score (nSPS) is 9.29. The van der Waals surface area contributed by atoms with Crippen LogP contribution in [-0.4, -0.2) is 5.11 Å². The van der Waals surface area contributed by atoms with Crippen LogP contribution < -0.4 is 15.8 Å². The predicted molar refractivity (Wildman–Crippen MR) is 125 cm³/mol. The lowest BCUT2D eigenvalue weighted by Gasteiger charge is -2.13. The van der Waals surface area contributed by atoms with E-state index in [4.69, 9.17) is 21.0 Å². The SMILES string of the molecule is N#CC(C#N)=C(N)c1ccc(C(Nc2ccc(Oc3ccc(O)cc3)cc2)=C(C#N)C#N)cc1. The standard InChI is InChI=1S/C26H16N6O2/c27-13-19(14-28)25(31)17-1-3-18(4-2-17)26(20(15-29)16-30)32-21-5-9-23(10-6-21)34-24-11-7-22(33)8-12-24/h1-12,32-33H,31H2. The third kappa shape index (κ3) is 5.31. The van der Waals surface area contributed by atoms with E-state index in [2.05, 4.69) is 5.32 Å². The number of hydrogen-bond acceptors (Lipinski definition) is 8. The number of anilines is 1. The summed E-state index contributed by atoms with van der Waals surface area (Å²) in [5, 5.41) is 49.3. The molecule has 0 unspecified atom stereocenters. The van der Waals surface area contributed by atoms with E-state index in [1.807, 2.05) is 12.1 Å². The van der Waals surface area contributed by atoms with Gasteiger partial charge in [-0.3, -0.25) is 0 Å². The second-order valence-corrected chi connectivity index (χ2v) is 6.81. The van der Waals surface area contributed by atoms with Gasteiger partial charge >= 0.3 is 0 Å². The minimum atomic E-state index is -0.203. The maximum atomic E-state index is 9.44. The Hall–Kier alpha value is -5.70. The predicted octanol–water partition coefficient (Wildman–Crippen LogP) is 4.77. The van der Waals surface area contributed by atoms with Crippen molar-refractivity contribution >= 4 is 17.1 Å². The average molecular weight is 444 g/mol. The Morgan fingerprint density at radius 1 is 0.676 bits per heavy atom. The molecule has 8 nitrogen and oxygen atoms in total. The van der Waals surface area contributed by atoms with Crippen molar-refractivity contribution in [3.05, 3.63) is 95.1 Å². The fourth-order valence-electron chi connectivity index (χ4n) is 2.92. The number of phenolic OH excluding ortho intramolecular Hbond substituents is 1. The van der Waals surface area contributed by atoms with Gasteiger partial charge in [0.2, 0.25) is 0 Å². The third-order valence-corrected chi connectivity index (χ3v) is 4.65. The molecule has 0 aliphatic carbocycles. The molecule has 3 rings (SSSR count). The van der Waals surface area contributed by atoms with Crippen LogP contribution in [0.1, 0.15) is 11.1 Å². The second kappa shape index (κ2) is 10.6. The van der Waals surface area contributed by atoms with Crippen molar-refractivity contribution in [1.29, 1.82) is 21.0 Å². The first-order chi connectivity index (χ1) is 16.5. The van der Waals surface area contributed by atoms with Gasteiger partial charge in [0.25, 0.3) is 0 Å². The smallest absolute Gasteiger partial charge is 0.153 e. The van der Waals surface area contributed by atoms with Crippen LogP contribution in [-0.2, 0) is 0 Å². The highest BCUT2D eigenvalue weighted by Crippen LogP contribution is 2.27. The summed E-state index contributed by atoms with van der Waals surface area (Å²) in [6, 6.07) is 26.9. The molecule has 3 aromatic rings. The molecule has 0 heterocycles. The molecule has 0 saturated heterocycles. The van der Waals surface area contributed by atoms with Crippen molar-refractivity contribution in [2.75, 3.05) is 5.32 Å². The van der Waals surface area contributed by atoms with Crippen molar-refractivity contribution in [3.8, 4) is 41.5 Å². The van der Waals surface area contributed by atoms with Gasteiger partial charge in [-0.05, 0) is 54.1 Å². The van der Waals surface area contributed by atoms with Gasteiger partial charge in [-0.2, -0.15) is 21.0 Å². The van der Waals surface area contributed by atoms with E-state index in [0.29, 0.717) is 28.3 Å². The van der Waals surface area contributed by atoms with Crippen LogP contribution >= 0.6 is 0 Å². The molecule has 0 fully saturated rings. The van der Waals surface area contributed by atoms with E-state index in [1.54, 1.807) is 72.8 Å². The number of nitrogens with two attached hydrogens (primary N) is 1. The molecule has 0 aromatic heterocycles. The first kappa shape index (κ1) is 23.0. The summed E-state index contributed by atoms with van der Waals surface area (Å²) < 4.78 is 5.72. The molecule has 8 heteroatoms. The molecule has 162 valence electrons. The molecule has 4 N–H and O–H groups in total. The van der Waals surface area contributed by atoms with Crippen LogP contribution in [0.4, 0.5) is 5.69 Å². The monoisotopic (exact) mass is 444 g/mol. The Morgan fingerprint density at radius 2 is 1.15 bits per heavy atom. The molecule has 34 heavy (non-hydrogen) atoms. The Labute approximate surface area is 195 Å². The van der Waals surface area contributed by atoms with Crippen LogP contribution in [0.3, 0.4) is 0 Å². The highest BCUT2D eigenvalue weighted by atomic mass is 16.5. The Kier molecular flexibility index (Phi) is 7.13. The third-order valence-electron chi connectivity index (χ3n) is 4.65. The summed E-state index contributed by atoms with van der Waals surface area (Å²) >= 11 is 0. The van der Waals surface area contributed by atoms with Crippen molar-refractivity contribution in [2.24, 2.45) is 5.73 Å². The fraction of sp³-hybridized carbons (Fsp3) is 0. The molecule has 0 saturated carbocycles. The first-order valence-electron chi connectivity index (χ1n) is 9.78. The van der Waals surface area contributed by atoms with Crippen molar-refractivity contribution in [2.45, 2.75) is 0 Å². The van der Waals surface area contributed by atoms with Crippen LogP contribution in [0.25, 0.3) is 11.4 Å². The molecule has 3 aromatic carbocycles. The number of aromatic hydroxyl groups is 1. The number of phenols is 1.